The molecule has 0 aromatic heterocycles. The van der Waals surface area contributed by atoms with Gasteiger partial charge in [-0.2, -0.15) is 0 Å². The van der Waals surface area contributed by atoms with E-state index in [-0.39, 0.29) is 6.23 Å². The first-order chi connectivity index (χ1) is 16.0. The fourth-order valence-corrected chi connectivity index (χ4v) is 6.06. The zero-order valence-electron chi connectivity index (χ0n) is 20.8. The molecule has 0 aliphatic carbocycles. The maximum Gasteiger partial charge on any atom is 0.363 e. The Labute approximate surface area is 201 Å². The average molecular weight is 475 g/mol. The molecule has 33 heavy (non-hydrogen) atoms. The van der Waals surface area contributed by atoms with Crippen LogP contribution >= 0.6 is 0 Å². The van der Waals surface area contributed by atoms with Gasteiger partial charge in [-0.15, -0.1) is 0 Å². The van der Waals surface area contributed by atoms with Crippen molar-refractivity contribution in [3.8, 4) is 11.5 Å². The van der Waals surface area contributed by atoms with E-state index in [1.54, 1.807) is 26.4 Å². The van der Waals surface area contributed by atoms with E-state index in [1.807, 2.05) is 12.1 Å². The lowest BCUT2D eigenvalue weighted by Crippen LogP contribution is -2.44. The van der Waals surface area contributed by atoms with Crippen LogP contribution < -0.4 is 4.74 Å². The van der Waals surface area contributed by atoms with Gasteiger partial charge in [0, 0.05) is 14.2 Å². The van der Waals surface area contributed by atoms with Crippen molar-refractivity contribution in [1.82, 2.24) is 0 Å². The number of phenols is 1. The third-order valence-corrected chi connectivity index (χ3v) is 9.74. The van der Waals surface area contributed by atoms with Gasteiger partial charge in [-0.25, -0.2) is 0 Å². The lowest BCUT2D eigenvalue weighted by atomic mass is 9.84. The first-order valence-corrected chi connectivity index (χ1v) is 14.4. The minimum Gasteiger partial charge on any atom is -0.508 e. The minimum absolute atomic E-state index is 0.00757. The quantitative estimate of drug-likeness (QED) is 0.221. The fraction of sp³-hybridized carbons (Fsp3) is 0.556. The second-order valence-corrected chi connectivity index (χ2v) is 12.3. The molecule has 0 spiro atoms. The summed E-state index contributed by atoms with van der Waals surface area (Å²) < 4.78 is 16.8. The summed E-state index contributed by atoms with van der Waals surface area (Å²) in [6, 6.07) is 17.0. The molecule has 0 bridgehead atoms. The van der Waals surface area contributed by atoms with Crippen LogP contribution in [0.25, 0.3) is 0 Å². The summed E-state index contributed by atoms with van der Waals surface area (Å²) in [6.45, 7) is 5.21. The molecule has 5 nitrogen and oxygen atoms in total. The molecule has 2 N–H and O–H groups in total. The minimum atomic E-state index is -2.37. The average Bonchev–Trinajstić information content (AvgIpc) is 2.85. The van der Waals surface area contributed by atoms with Gasteiger partial charge < -0.3 is 23.8 Å². The molecule has 2 aromatic carbocycles. The Bertz CT molecular complexity index is 766. The molecule has 0 fully saturated rings. The Morgan fingerprint density at radius 1 is 0.848 bits per heavy atom. The maximum atomic E-state index is 9.54. The van der Waals surface area contributed by atoms with E-state index < -0.39 is 8.56 Å². The Balaban J connectivity index is 1.71. The number of ether oxygens (including phenoxy) is 1. The van der Waals surface area contributed by atoms with Crippen LogP contribution in [-0.4, -0.2) is 45.8 Å². The number of hydrogen-bond donors (Lipinski definition) is 2. The van der Waals surface area contributed by atoms with Crippen LogP contribution in [0.15, 0.2) is 48.5 Å². The van der Waals surface area contributed by atoms with Crippen LogP contribution in [-0.2, 0) is 8.85 Å². The Hall–Kier alpha value is -1.86. The van der Waals surface area contributed by atoms with Gasteiger partial charge in [-0.1, -0.05) is 57.4 Å². The van der Waals surface area contributed by atoms with E-state index in [9.17, 15) is 10.2 Å². The number of aromatic hydroxyl groups is 1. The van der Waals surface area contributed by atoms with E-state index in [0.29, 0.717) is 24.2 Å². The van der Waals surface area contributed by atoms with Crippen LogP contribution in [0.5, 0.6) is 11.5 Å². The van der Waals surface area contributed by atoms with Crippen LogP contribution in [0.4, 0.5) is 0 Å². The number of aliphatic hydroxyl groups is 1. The van der Waals surface area contributed by atoms with Crippen molar-refractivity contribution in [1.29, 1.82) is 0 Å². The summed E-state index contributed by atoms with van der Waals surface area (Å²) in [4.78, 5) is 0. The van der Waals surface area contributed by atoms with E-state index in [0.717, 1.165) is 50.3 Å². The molecular weight excluding hydrogens is 432 g/mol. The highest BCUT2D eigenvalue weighted by molar-refractivity contribution is 6.67. The molecule has 0 radical (unpaired) electrons. The highest BCUT2D eigenvalue weighted by Gasteiger charge is 2.33. The molecule has 0 saturated heterocycles. The molecule has 2 unspecified atom stereocenters. The molecule has 0 amide bonds. The van der Waals surface area contributed by atoms with Crippen molar-refractivity contribution in [2.45, 2.75) is 70.3 Å². The van der Waals surface area contributed by atoms with Gasteiger partial charge >= 0.3 is 8.56 Å². The van der Waals surface area contributed by atoms with Crippen molar-refractivity contribution >= 4 is 8.56 Å². The van der Waals surface area contributed by atoms with Crippen molar-refractivity contribution in [2.24, 2.45) is 0 Å². The highest BCUT2D eigenvalue weighted by Crippen LogP contribution is 2.33. The predicted octanol–water partition coefficient (Wildman–Crippen LogP) is 6.29. The number of rotatable bonds is 16. The second kappa shape index (κ2) is 14.4. The smallest absolute Gasteiger partial charge is 0.363 e. The lowest BCUT2D eigenvalue weighted by molar-refractivity contribution is 0.195. The molecule has 2 rings (SSSR count). The monoisotopic (exact) mass is 474 g/mol. The SMILES string of the molecule is CCC(CC(C)c1ccc(OCCCCCC[Si](CO)(OC)OC)cc1)c1ccc(O)cc1. The van der Waals surface area contributed by atoms with E-state index in [4.69, 9.17) is 13.6 Å². The molecule has 2 atom stereocenters. The number of phenolic OH excluding ortho intramolecular Hbond substituents is 1. The number of aliphatic hydroxyl groups excluding tert-OH is 1. The topological polar surface area (TPSA) is 68.2 Å². The zero-order valence-corrected chi connectivity index (χ0v) is 21.8. The zero-order chi connectivity index (χ0) is 24.1. The molecule has 0 saturated carbocycles. The van der Waals surface area contributed by atoms with Gasteiger partial charge in [0.1, 0.15) is 11.5 Å². The van der Waals surface area contributed by atoms with Gasteiger partial charge in [-0.3, -0.25) is 0 Å². The first-order valence-electron chi connectivity index (χ1n) is 12.2. The lowest BCUT2D eigenvalue weighted by Gasteiger charge is -2.24. The van der Waals surface area contributed by atoms with Crippen molar-refractivity contribution in [3.63, 3.8) is 0 Å². The molecule has 0 aliphatic rings. The third kappa shape index (κ3) is 8.78. The summed E-state index contributed by atoms with van der Waals surface area (Å²) in [5, 5.41) is 19.0. The van der Waals surface area contributed by atoms with Gasteiger partial charge in [0.2, 0.25) is 0 Å². The predicted molar refractivity (Wildman–Crippen MR) is 136 cm³/mol. The van der Waals surface area contributed by atoms with Crippen molar-refractivity contribution in [3.05, 3.63) is 59.7 Å². The summed E-state index contributed by atoms with van der Waals surface area (Å²) in [5.41, 5.74) is 2.61. The standard InChI is InChI=1S/C27H42O5Si/c1-5-23(25-10-14-26(29)15-11-25)20-22(2)24-12-16-27(17-13-24)32-18-8-6-7-9-19-33(21-28,30-3)31-4/h10-17,22-23,28-29H,5-9,18-21H2,1-4H3. The van der Waals surface area contributed by atoms with E-state index >= 15 is 0 Å². The summed E-state index contributed by atoms with van der Waals surface area (Å²) in [5.74, 6) is 2.17. The highest BCUT2D eigenvalue weighted by atomic mass is 28.4. The molecule has 0 heterocycles. The van der Waals surface area contributed by atoms with E-state index in [2.05, 4.69) is 38.1 Å². The third-order valence-electron chi connectivity index (χ3n) is 6.65. The second-order valence-electron chi connectivity index (χ2n) is 8.89. The molecule has 0 aliphatic heterocycles. The molecule has 6 heteroatoms. The van der Waals surface area contributed by atoms with Gasteiger partial charge in [0.05, 0.1) is 12.8 Å². The summed E-state index contributed by atoms with van der Waals surface area (Å²) in [6.07, 6.45) is 6.35. The Morgan fingerprint density at radius 3 is 2.03 bits per heavy atom. The Kier molecular flexibility index (Phi) is 12.0. The Morgan fingerprint density at radius 2 is 1.45 bits per heavy atom. The van der Waals surface area contributed by atoms with Crippen LogP contribution in [0, 0.1) is 0 Å². The van der Waals surface area contributed by atoms with Crippen LogP contribution in [0.3, 0.4) is 0 Å². The normalized spacial score (nSPS) is 13.6. The van der Waals surface area contributed by atoms with Crippen LogP contribution in [0.2, 0.25) is 6.04 Å². The number of benzene rings is 2. The molecule has 2 aromatic rings. The maximum absolute atomic E-state index is 9.54. The molecule has 184 valence electrons. The van der Waals surface area contributed by atoms with Crippen LogP contribution in [0.1, 0.15) is 75.3 Å². The number of hydrogen-bond acceptors (Lipinski definition) is 5. The van der Waals surface area contributed by atoms with Gasteiger partial charge in [-0.05, 0) is 72.5 Å². The van der Waals surface area contributed by atoms with Crippen molar-refractivity contribution in [2.75, 3.05) is 27.1 Å². The van der Waals surface area contributed by atoms with Crippen molar-refractivity contribution < 1.29 is 23.8 Å². The van der Waals surface area contributed by atoms with Gasteiger partial charge in [0.25, 0.3) is 0 Å². The first kappa shape index (κ1) is 27.4. The van der Waals surface area contributed by atoms with E-state index in [1.165, 1.54) is 11.1 Å². The molecular formula is C27H42O5Si. The fourth-order valence-electron chi connectivity index (χ4n) is 4.28. The summed E-state index contributed by atoms with van der Waals surface area (Å²) in [7, 11) is 0.883. The largest absolute Gasteiger partial charge is 0.508 e. The summed E-state index contributed by atoms with van der Waals surface area (Å²) >= 11 is 0. The van der Waals surface area contributed by atoms with Gasteiger partial charge in [0.15, 0.2) is 0 Å². The number of unbranched alkanes of at least 4 members (excludes halogenated alkanes) is 3.